The third-order valence-electron chi connectivity index (χ3n) is 6.65. The Balaban J connectivity index is 1.55. The van der Waals surface area contributed by atoms with Crippen molar-refractivity contribution >= 4 is 5.57 Å². The standard InChI is InChI=1S/C32H39NO2/c1-33(2)23-24-34-30-19-15-28(16-20-30)32(27-13-9-4-3-5-10-14-27)29-17-21-31(22-18-29)35-25-26-11-7-6-8-12-26/h6-8,11-12,15-22H,3-5,9-10,13-14,23-25H2,1-2H3. The van der Waals surface area contributed by atoms with Crippen LogP contribution < -0.4 is 9.47 Å². The smallest absolute Gasteiger partial charge is 0.119 e. The molecule has 35 heavy (non-hydrogen) atoms. The minimum Gasteiger partial charge on any atom is -0.492 e. The number of rotatable bonds is 9. The van der Waals surface area contributed by atoms with Crippen LogP contribution in [-0.4, -0.2) is 32.1 Å². The maximum Gasteiger partial charge on any atom is 0.119 e. The van der Waals surface area contributed by atoms with Crippen molar-refractivity contribution in [3.05, 3.63) is 101 Å². The van der Waals surface area contributed by atoms with E-state index in [2.05, 4.69) is 79.7 Å². The van der Waals surface area contributed by atoms with E-state index >= 15 is 0 Å². The van der Waals surface area contributed by atoms with Crippen LogP contribution in [0.5, 0.6) is 11.5 Å². The largest absolute Gasteiger partial charge is 0.492 e. The predicted molar refractivity (Wildman–Crippen MR) is 146 cm³/mol. The van der Waals surface area contributed by atoms with Crippen molar-refractivity contribution in [1.82, 2.24) is 4.90 Å². The lowest BCUT2D eigenvalue weighted by molar-refractivity contribution is 0.261. The molecule has 0 radical (unpaired) electrons. The van der Waals surface area contributed by atoms with Crippen LogP contribution in [0.15, 0.2) is 84.4 Å². The van der Waals surface area contributed by atoms with Crippen LogP contribution in [0.1, 0.15) is 61.6 Å². The number of nitrogens with zero attached hydrogens (tertiary/aromatic N) is 1. The van der Waals surface area contributed by atoms with E-state index < -0.39 is 0 Å². The van der Waals surface area contributed by atoms with Crippen LogP contribution in [0.3, 0.4) is 0 Å². The first-order chi connectivity index (χ1) is 17.2. The summed E-state index contributed by atoms with van der Waals surface area (Å²) >= 11 is 0. The van der Waals surface area contributed by atoms with Gasteiger partial charge in [-0.3, -0.25) is 0 Å². The summed E-state index contributed by atoms with van der Waals surface area (Å²) in [4.78, 5) is 2.14. The molecule has 1 aliphatic carbocycles. The van der Waals surface area contributed by atoms with E-state index in [0.29, 0.717) is 13.2 Å². The molecule has 0 aromatic heterocycles. The molecule has 3 aromatic rings. The summed E-state index contributed by atoms with van der Waals surface area (Å²) in [5, 5.41) is 0. The maximum absolute atomic E-state index is 6.05. The molecule has 0 aliphatic heterocycles. The molecule has 3 heteroatoms. The molecule has 3 aromatic carbocycles. The Hall–Kier alpha value is -3.04. The molecule has 0 spiro atoms. The molecule has 0 bridgehead atoms. The third-order valence-corrected chi connectivity index (χ3v) is 6.65. The summed E-state index contributed by atoms with van der Waals surface area (Å²) in [7, 11) is 4.13. The summed E-state index contributed by atoms with van der Waals surface area (Å²) in [6.07, 6.45) is 8.97. The SMILES string of the molecule is CN(C)CCOc1ccc(C(=C2CCCCCCC2)c2ccc(OCc3ccccc3)cc2)cc1. The van der Waals surface area contributed by atoms with Gasteiger partial charge in [-0.15, -0.1) is 0 Å². The number of allylic oxidation sites excluding steroid dienone is 1. The van der Waals surface area contributed by atoms with Crippen LogP contribution >= 0.6 is 0 Å². The molecule has 1 fully saturated rings. The average molecular weight is 470 g/mol. The van der Waals surface area contributed by atoms with Gasteiger partial charge in [0.1, 0.15) is 24.7 Å². The zero-order chi connectivity index (χ0) is 24.3. The molecule has 0 atom stereocenters. The number of benzene rings is 3. The highest BCUT2D eigenvalue weighted by atomic mass is 16.5. The summed E-state index contributed by atoms with van der Waals surface area (Å²) in [6.45, 7) is 2.20. The second kappa shape index (κ2) is 13.2. The lowest BCUT2D eigenvalue weighted by Crippen LogP contribution is -2.19. The van der Waals surface area contributed by atoms with Crippen molar-refractivity contribution < 1.29 is 9.47 Å². The second-order valence-electron chi connectivity index (χ2n) is 9.72. The van der Waals surface area contributed by atoms with Gasteiger partial charge in [-0.05, 0) is 86.3 Å². The highest BCUT2D eigenvalue weighted by Gasteiger charge is 2.14. The van der Waals surface area contributed by atoms with E-state index in [1.807, 2.05) is 18.2 Å². The van der Waals surface area contributed by atoms with E-state index in [1.165, 1.54) is 67.2 Å². The van der Waals surface area contributed by atoms with Gasteiger partial charge in [0.2, 0.25) is 0 Å². The summed E-state index contributed by atoms with van der Waals surface area (Å²) < 4.78 is 12.0. The first-order valence-corrected chi connectivity index (χ1v) is 13.1. The highest BCUT2D eigenvalue weighted by Crippen LogP contribution is 2.35. The summed E-state index contributed by atoms with van der Waals surface area (Å²) in [5.74, 6) is 1.84. The van der Waals surface area contributed by atoms with Gasteiger partial charge in [0.15, 0.2) is 0 Å². The third kappa shape index (κ3) is 7.73. The minimum absolute atomic E-state index is 0.587. The minimum atomic E-state index is 0.587. The molecule has 0 heterocycles. The van der Waals surface area contributed by atoms with Crippen molar-refractivity contribution in [2.45, 2.75) is 51.6 Å². The van der Waals surface area contributed by atoms with E-state index in [4.69, 9.17) is 9.47 Å². The summed E-state index contributed by atoms with van der Waals surface area (Å²) in [5.41, 5.74) is 6.71. The van der Waals surface area contributed by atoms with Gasteiger partial charge in [-0.2, -0.15) is 0 Å². The Morgan fingerprint density at radius 1 is 0.657 bits per heavy atom. The quantitative estimate of drug-likeness (QED) is 0.320. The number of hydrogen-bond acceptors (Lipinski definition) is 3. The van der Waals surface area contributed by atoms with E-state index in [9.17, 15) is 0 Å². The topological polar surface area (TPSA) is 21.7 Å². The Kier molecular flexibility index (Phi) is 9.42. The maximum atomic E-state index is 6.05. The zero-order valence-corrected chi connectivity index (χ0v) is 21.3. The Bertz CT molecular complexity index is 1040. The van der Waals surface area contributed by atoms with Gasteiger partial charge in [0, 0.05) is 6.54 Å². The Morgan fingerprint density at radius 3 is 1.77 bits per heavy atom. The molecule has 0 saturated heterocycles. The molecular formula is C32H39NO2. The Morgan fingerprint density at radius 2 is 1.20 bits per heavy atom. The van der Waals surface area contributed by atoms with Crippen LogP contribution in [0.2, 0.25) is 0 Å². The molecule has 0 amide bonds. The van der Waals surface area contributed by atoms with Gasteiger partial charge in [0.05, 0.1) is 0 Å². The fourth-order valence-corrected chi connectivity index (χ4v) is 4.68. The van der Waals surface area contributed by atoms with E-state index in [-0.39, 0.29) is 0 Å². The predicted octanol–water partition coefficient (Wildman–Crippen LogP) is 7.75. The van der Waals surface area contributed by atoms with E-state index in [1.54, 1.807) is 5.57 Å². The molecule has 4 rings (SSSR count). The van der Waals surface area contributed by atoms with Gasteiger partial charge in [0.25, 0.3) is 0 Å². The van der Waals surface area contributed by atoms with Crippen molar-refractivity contribution in [2.75, 3.05) is 27.2 Å². The van der Waals surface area contributed by atoms with Crippen LogP contribution in [0.4, 0.5) is 0 Å². The lowest BCUT2D eigenvalue weighted by atomic mass is 9.86. The lowest BCUT2D eigenvalue weighted by Gasteiger charge is -2.20. The molecule has 1 aliphatic rings. The van der Waals surface area contributed by atoms with Crippen LogP contribution in [0, 0.1) is 0 Å². The monoisotopic (exact) mass is 469 g/mol. The molecular weight excluding hydrogens is 430 g/mol. The van der Waals surface area contributed by atoms with Crippen LogP contribution in [-0.2, 0) is 6.61 Å². The molecule has 1 saturated carbocycles. The van der Waals surface area contributed by atoms with Crippen LogP contribution in [0.25, 0.3) is 5.57 Å². The van der Waals surface area contributed by atoms with Crippen molar-refractivity contribution in [3.8, 4) is 11.5 Å². The first-order valence-electron chi connectivity index (χ1n) is 13.1. The van der Waals surface area contributed by atoms with Gasteiger partial charge in [-0.1, -0.05) is 79.4 Å². The first kappa shape index (κ1) is 25.1. The van der Waals surface area contributed by atoms with Crippen molar-refractivity contribution in [2.24, 2.45) is 0 Å². The highest BCUT2D eigenvalue weighted by molar-refractivity contribution is 5.82. The molecule has 0 unspecified atom stereocenters. The van der Waals surface area contributed by atoms with Crippen molar-refractivity contribution in [3.63, 3.8) is 0 Å². The number of hydrogen-bond donors (Lipinski definition) is 0. The fourth-order valence-electron chi connectivity index (χ4n) is 4.68. The van der Waals surface area contributed by atoms with Gasteiger partial charge < -0.3 is 14.4 Å². The number of likely N-dealkylation sites (N-methyl/N-ethyl adjacent to an activating group) is 1. The number of ether oxygens (including phenoxy) is 2. The normalized spacial score (nSPS) is 14.3. The molecule has 0 N–H and O–H groups in total. The molecule has 3 nitrogen and oxygen atoms in total. The van der Waals surface area contributed by atoms with Gasteiger partial charge in [-0.25, -0.2) is 0 Å². The Labute approximate surface area is 211 Å². The second-order valence-corrected chi connectivity index (χ2v) is 9.72. The average Bonchev–Trinajstić information content (AvgIpc) is 2.86. The van der Waals surface area contributed by atoms with Gasteiger partial charge >= 0.3 is 0 Å². The fraction of sp³-hybridized carbons (Fsp3) is 0.375. The zero-order valence-electron chi connectivity index (χ0n) is 21.3. The summed E-state index contributed by atoms with van der Waals surface area (Å²) in [6, 6.07) is 27.7. The van der Waals surface area contributed by atoms with Crippen molar-refractivity contribution in [1.29, 1.82) is 0 Å². The van der Waals surface area contributed by atoms with E-state index in [0.717, 1.165) is 18.0 Å². The molecule has 184 valence electrons.